The number of hydrogen-bond donors (Lipinski definition) is 1. The van der Waals surface area contributed by atoms with Crippen LogP contribution in [0.4, 0.5) is 18.9 Å². The van der Waals surface area contributed by atoms with Gasteiger partial charge >= 0.3 is 6.36 Å². The second-order valence-electron chi connectivity index (χ2n) is 5.59. The van der Waals surface area contributed by atoms with Gasteiger partial charge in [-0.2, -0.15) is 0 Å². The minimum Gasteiger partial charge on any atom is -0.481 e. The van der Waals surface area contributed by atoms with Gasteiger partial charge in [-0.15, -0.1) is 13.2 Å². The lowest BCUT2D eigenvalue weighted by molar-refractivity contribution is -0.274. The molecular formula is C18H18F3NO3. The van der Waals surface area contributed by atoms with Crippen LogP contribution in [0.25, 0.3) is 0 Å². The molecule has 0 saturated carbocycles. The smallest absolute Gasteiger partial charge is 0.481 e. The first kappa shape index (κ1) is 18.6. The molecular weight excluding hydrogens is 335 g/mol. The fourth-order valence-corrected chi connectivity index (χ4v) is 2.06. The average molecular weight is 353 g/mol. The van der Waals surface area contributed by atoms with E-state index in [-0.39, 0.29) is 5.75 Å². The number of aryl methyl sites for hydroxylation is 2. The standard InChI is InChI=1S/C18H18F3NO3/c1-11-4-5-12(2)16(10-11)24-13(3)17(23)22-14-6-8-15(9-7-14)25-18(19,20)21/h4-10,13H,1-3H3,(H,22,23). The van der Waals surface area contributed by atoms with Gasteiger partial charge in [0.1, 0.15) is 11.5 Å². The molecule has 0 heterocycles. The Hall–Kier alpha value is -2.70. The van der Waals surface area contributed by atoms with E-state index >= 15 is 0 Å². The molecule has 134 valence electrons. The fraction of sp³-hybridized carbons (Fsp3) is 0.278. The SMILES string of the molecule is Cc1ccc(C)c(OC(C)C(=O)Nc2ccc(OC(F)(F)F)cc2)c1. The van der Waals surface area contributed by atoms with Crippen LogP contribution in [0.1, 0.15) is 18.1 Å². The molecule has 0 radical (unpaired) electrons. The maximum Gasteiger partial charge on any atom is 0.573 e. The van der Waals surface area contributed by atoms with E-state index in [2.05, 4.69) is 10.1 Å². The lowest BCUT2D eigenvalue weighted by Crippen LogP contribution is -2.30. The predicted octanol–water partition coefficient (Wildman–Crippen LogP) is 4.61. The summed E-state index contributed by atoms with van der Waals surface area (Å²) >= 11 is 0. The van der Waals surface area contributed by atoms with Crippen LogP contribution >= 0.6 is 0 Å². The van der Waals surface area contributed by atoms with Crippen molar-refractivity contribution in [2.24, 2.45) is 0 Å². The molecule has 1 unspecified atom stereocenters. The molecule has 0 spiro atoms. The molecule has 0 fully saturated rings. The number of rotatable bonds is 5. The molecule has 25 heavy (non-hydrogen) atoms. The van der Waals surface area contributed by atoms with Crippen LogP contribution in [0, 0.1) is 13.8 Å². The third-order valence-corrected chi connectivity index (χ3v) is 3.37. The zero-order valence-corrected chi connectivity index (χ0v) is 14.0. The maximum atomic E-state index is 12.2. The average Bonchev–Trinajstić information content (AvgIpc) is 2.51. The molecule has 0 aliphatic carbocycles. The number of ether oxygens (including phenoxy) is 2. The van der Waals surface area contributed by atoms with Crippen molar-refractivity contribution in [3.63, 3.8) is 0 Å². The zero-order valence-electron chi connectivity index (χ0n) is 14.0. The van der Waals surface area contributed by atoms with Gasteiger partial charge in [0.2, 0.25) is 0 Å². The number of alkyl halides is 3. The Kier molecular flexibility index (Phi) is 5.56. The normalized spacial score (nSPS) is 12.4. The van der Waals surface area contributed by atoms with Crippen LogP contribution in [0.15, 0.2) is 42.5 Å². The minimum atomic E-state index is -4.75. The van der Waals surface area contributed by atoms with Gasteiger partial charge in [-0.3, -0.25) is 4.79 Å². The van der Waals surface area contributed by atoms with E-state index in [9.17, 15) is 18.0 Å². The molecule has 2 aromatic rings. The van der Waals surface area contributed by atoms with Gasteiger partial charge in [-0.1, -0.05) is 12.1 Å². The van der Waals surface area contributed by atoms with Crippen molar-refractivity contribution < 1.29 is 27.4 Å². The van der Waals surface area contributed by atoms with Crippen LogP contribution < -0.4 is 14.8 Å². The van der Waals surface area contributed by atoms with Crippen LogP contribution in [-0.4, -0.2) is 18.4 Å². The lowest BCUT2D eigenvalue weighted by Gasteiger charge is -2.17. The van der Waals surface area contributed by atoms with Gasteiger partial charge in [0, 0.05) is 5.69 Å². The Balaban J connectivity index is 1.97. The Bertz CT molecular complexity index is 742. The minimum absolute atomic E-state index is 0.343. The first-order chi connectivity index (χ1) is 11.6. The van der Waals surface area contributed by atoms with E-state index in [0.717, 1.165) is 23.3 Å². The number of carbonyl (C=O) groups excluding carboxylic acids is 1. The zero-order chi connectivity index (χ0) is 18.6. The number of nitrogens with one attached hydrogen (secondary N) is 1. The Morgan fingerprint density at radius 3 is 2.32 bits per heavy atom. The van der Waals surface area contributed by atoms with Gasteiger partial charge in [0.25, 0.3) is 5.91 Å². The Morgan fingerprint density at radius 1 is 1.08 bits per heavy atom. The summed E-state index contributed by atoms with van der Waals surface area (Å²) in [6.07, 6.45) is -5.52. The first-order valence-electron chi connectivity index (χ1n) is 7.54. The summed E-state index contributed by atoms with van der Waals surface area (Å²) in [5, 5.41) is 2.59. The largest absolute Gasteiger partial charge is 0.573 e. The van der Waals surface area contributed by atoms with Crippen molar-refractivity contribution in [1.82, 2.24) is 0 Å². The van der Waals surface area contributed by atoms with E-state index < -0.39 is 18.4 Å². The van der Waals surface area contributed by atoms with Crippen LogP contribution in [0.2, 0.25) is 0 Å². The molecule has 7 heteroatoms. The summed E-state index contributed by atoms with van der Waals surface area (Å²) < 4.78 is 45.8. The van der Waals surface area contributed by atoms with Crippen molar-refractivity contribution in [3.8, 4) is 11.5 Å². The second-order valence-corrected chi connectivity index (χ2v) is 5.59. The molecule has 0 aliphatic rings. The van der Waals surface area contributed by atoms with Gasteiger partial charge in [-0.25, -0.2) is 0 Å². The molecule has 0 aliphatic heterocycles. The second kappa shape index (κ2) is 7.46. The van der Waals surface area contributed by atoms with E-state index in [1.54, 1.807) is 6.92 Å². The van der Waals surface area contributed by atoms with Crippen LogP contribution in [0.5, 0.6) is 11.5 Å². The number of carbonyl (C=O) groups is 1. The third kappa shape index (κ3) is 5.70. The monoisotopic (exact) mass is 353 g/mol. The maximum absolute atomic E-state index is 12.2. The molecule has 1 amide bonds. The summed E-state index contributed by atoms with van der Waals surface area (Å²) in [4.78, 5) is 12.2. The van der Waals surface area contributed by atoms with Gasteiger partial charge in [0.15, 0.2) is 6.10 Å². The van der Waals surface area contributed by atoms with Crippen molar-refractivity contribution in [2.45, 2.75) is 33.2 Å². The van der Waals surface area contributed by atoms with E-state index in [0.29, 0.717) is 11.4 Å². The highest BCUT2D eigenvalue weighted by molar-refractivity contribution is 5.94. The van der Waals surface area contributed by atoms with Crippen molar-refractivity contribution in [2.75, 3.05) is 5.32 Å². The van der Waals surface area contributed by atoms with Gasteiger partial charge < -0.3 is 14.8 Å². The quantitative estimate of drug-likeness (QED) is 0.854. The summed E-state index contributed by atoms with van der Waals surface area (Å²) in [5.41, 5.74) is 2.25. The summed E-state index contributed by atoms with van der Waals surface area (Å²) in [6, 6.07) is 10.6. The molecule has 0 aromatic heterocycles. The van der Waals surface area contributed by atoms with Gasteiger partial charge in [0.05, 0.1) is 0 Å². The van der Waals surface area contributed by atoms with Gasteiger partial charge in [-0.05, 0) is 62.2 Å². The van der Waals surface area contributed by atoms with Crippen molar-refractivity contribution >= 4 is 11.6 Å². The predicted molar refractivity (Wildman–Crippen MR) is 87.8 cm³/mol. The molecule has 4 nitrogen and oxygen atoms in total. The van der Waals surface area contributed by atoms with Crippen LogP contribution in [-0.2, 0) is 4.79 Å². The Morgan fingerprint density at radius 2 is 1.72 bits per heavy atom. The van der Waals surface area contributed by atoms with E-state index in [1.165, 1.54) is 12.1 Å². The van der Waals surface area contributed by atoms with E-state index in [1.807, 2.05) is 32.0 Å². The van der Waals surface area contributed by atoms with Crippen molar-refractivity contribution in [1.29, 1.82) is 0 Å². The Labute approximate surface area is 143 Å². The molecule has 1 atom stereocenters. The number of benzene rings is 2. The first-order valence-corrected chi connectivity index (χ1v) is 7.54. The fourth-order valence-electron chi connectivity index (χ4n) is 2.06. The topological polar surface area (TPSA) is 47.6 Å². The van der Waals surface area contributed by atoms with Crippen molar-refractivity contribution in [3.05, 3.63) is 53.6 Å². The number of amides is 1. The number of hydrogen-bond acceptors (Lipinski definition) is 3. The highest BCUT2D eigenvalue weighted by Crippen LogP contribution is 2.24. The highest BCUT2D eigenvalue weighted by atomic mass is 19.4. The highest BCUT2D eigenvalue weighted by Gasteiger charge is 2.31. The molecule has 2 aromatic carbocycles. The summed E-state index contributed by atoms with van der Waals surface area (Å²) in [7, 11) is 0. The number of halogens is 3. The third-order valence-electron chi connectivity index (χ3n) is 3.37. The molecule has 1 N–H and O–H groups in total. The lowest BCUT2D eigenvalue weighted by atomic mass is 10.1. The molecule has 0 saturated heterocycles. The van der Waals surface area contributed by atoms with E-state index in [4.69, 9.17) is 4.74 Å². The van der Waals surface area contributed by atoms with Crippen LogP contribution in [0.3, 0.4) is 0 Å². The molecule has 0 bridgehead atoms. The molecule has 2 rings (SSSR count). The summed E-state index contributed by atoms with van der Waals surface area (Å²) in [5.74, 6) is -0.160. The summed E-state index contributed by atoms with van der Waals surface area (Å²) in [6.45, 7) is 5.39. The number of anilines is 1.